The van der Waals surface area contributed by atoms with E-state index in [0.717, 1.165) is 5.56 Å². The molecule has 0 radical (unpaired) electrons. The van der Waals surface area contributed by atoms with Crippen molar-refractivity contribution >= 4 is 28.9 Å². The number of hydrogen-bond acceptors (Lipinski definition) is 6. The van der Waals surface area contributed by atoms with Crippen molar-refractivity contribution in [2.75, 3.05) is 32.2 Å². The van der Waals surface area contributed by atoms with Crippen molar-refractivity contribution in [2.24, 2.45) is 5.16 Å². The summed E-state index contributed by atoms with van der Waals surface area (Å²) in [5, 5.41) is 7.07. The zero-order valence-corrected chi connectivity index (χ0v) is 15.7. The lowest BCUT2D eigenvalue weighted by Gasteiger charge is -2.18. The molecule has 2 aromatic rings. The van der Waals surface area contributed by atoms with Crippen LogP contribution in [0.2, 0.25) is 5.02 Å². The Bertz CT molecular complexity index is 869. The lowest BCUT2D eigenvalue weighted by molar-refractivity contribution is -0.120. The first kappa shape index (κ1) is 18.8. The molecule has 1 amide bonds. The van der Waals surface area contributed by atoms with E-state index in [0.29, 0.717) is 46.9 Å². The van der Waals surface area contributed by atoms with Crippen LogP contribution in [0.3, 0.4) is 0 Å². The van der Waals surface area contributed by atoms with E-state index in [1.165, 1.54) is 7.11 Å². The maximum atomic E-state index is 12.0. The number of nitrogens with zero attached hydrogens (tertiary/aromatic N) is 1. The van der Waals surface area contributed by atoms with Crippen LogP contribution in [-0.4, -0.2) is 38.5 Å². The molecular weight excluding hydrogens is 372 g/mol. The molecule has 1 heterocycles. The average Bonchev–Trinajstić information content (AvgIpc) is 2.67. The highest BCUT2D eigenvalue weighted by molar-refractivity contribution is 6.32. The van der Waals surface area contributed by atoms with Gasteiger partial charge >= 0.3 is 0 Å². The van der Waals surface area contributed by atoms with Crippen molar-refractivity contribution in [2.45, 2.75) is 6.92 Å². The molecule has 0 saturated carbocycles. The Kier molecular flexibility index (Phi) is 6.03. The number of benzene rings is 2. The van der Waals surface area contributed by atoms with E-state index in [4.69, 9.17) is 30.6 Å². The van der Waals surface area contributed by atoms with E-state index < -0.39 is 0 Å². The van der Waals surface area contributed by atoms with Gasteiger partial charge in [0.25, 0.3) is 5.91 Å². The number of halogens is 1. The van der Waals surface area contributed by atoms with E-state index >= 15 is 0 Å². The highest BCUT2D eigenvalue weighted by Crippen LogP contribution is 2.31. The van der Waals surface area contributed by atoms with Gasteiger partial charge in [0.1, 0.15) is 19.0 Å². The first-order valence-corrected chi connectivity index (χ1v) is 8.64. The Hall–Kier alpha value is -2.93. The Morgan fingerprint density at radius 1 is 1.19 bits per heavy atom. The van der Waals surface area contributed by atoms with Crippen molar-refractivity contribution in [1.29, 1.82) is 0 Å². The number of rotatable bonds is 6. The van der Waals surface area contributed by atoms with E-state index in [1.54, 1.807) is 25.1 Å². The molecule has 0 bridgehead atoms. The maximum Gasteiger partial charge on any atom is 0.265 e. The molecule has 142 valence electrons. The molecule has 0 spiro atoms. The normalized spacial score (nSPS) is 13.1. The standard InChI is InChI=1S/C19H19ClN2O5/c1-12(13-3-5-17-18(9-13)26-8-7-25-17)22-27-11-19(23)21-14-4-6-16(24-2)15(20)10-14/h3-6,9-10H,7-8,11H2,1-2H3,(H,21,23). The number of oxime groups is 1. The second kappa shape index (κ2) is 8.64. The SMILES string of the molecule is COc1ccc(NC(=O)CON=C(C)c2ccc3c(c2)OCCO3)cc1Cl. The number of anilines is 1. The van der Waals surface area contributed by atoms with Crippen molar-refractivity contribution in [1.82, 2.24) is 0 Å². The number of carbonyl (C=O) groups is 1. The highest BCUT2D eigenvalue weighted by Gasteiger charge is 2.13. The summed E-state index contributed by atoms with van der Waals surface area (Å²) in [6.07, 6.45) is 0. The number of fused-ring (bicyclic) bond motifs is 1. The van der Waals surface area contributed by atoms with Gasteiger partial charge in [0.15, 0.2) is 18.1 Å². The van der Waals surface area contributed by atoms with Crippen LogP contribution in [-0.2, 0) is 9.63 Å². The summed E-state index contributed by atoms with van der Waals surface area (Å²) in [7, 11) is 1.52. The van der Waals surface area contributed by atoms with Gasteiger partial charge in [-0.25, -0.2) is 0 Å². The minimum absolute atomic E-state index is 0.231. The van der Waals surface area contributed by atoms with Crippen molar-refractivity contribution < 1.29 is 23.8 Å². The largest absolute Gasteiger partial charge is 0.495 e. The number of carbonyl (C=O) groups excluding carboxylic acids is 1. The molecule has 0 saturated heterocycles. The summed E-state index contributed by atoms with van der Waals surface area (Å²) in [5.41, 5.74) is 1.98. The van der Waals surface area contributed by atoms with Gasteiger partial charge in [-0.2, -0.15) is 0 Å². The number of nitrogens with one attached hydrogen (secondary N) is 1. The molecule has 0 aromatic heterocycles. The number of methoxy groups -OCH3 is 1. The zero-order valence-electron chi connectivity index (χ0n) is 15.0. The smallest absolute Gasteiger partial charge is 0.265 e. The van der Waals surface area contributed by atoms with Crippen LogP contribution in [0.5, 0.6) is 17.2 Å². The van der Waals surface area contributed by atoms with Gasteiger partial charge in [0.05, 0.1) is 17.8 Å². The van der Waals surface area contributed by atoms with Gasteiger partial charge in [-0.1, -0.05) is 16.8 Å². The fraction of sp³-hybridized carbons (Fsp3) is 0.263. The van der Waals surface area contributed by atoms with Gasteiger partial charge < -0.3 is 24.4 Å². The first-order valence-electron chi connectivity index (χ1n) is 8.27. The Morgan fingerprint density at radius 3 is 2.70 bits per heavy atom. The van der Waals surface area contributed by atoms with E-state index in [1.807, 2.05) is 18.2 Å². The van der Waals surface area contributed by atoms with Crippen LogP contribution in [0.1, 0.15) is 12.5 Å². The fourth-order valence-corrected chi connectivity index (χ4v) is 2.71. The van der Waals surface area contributed by atoms with Crippen LogP contribution in [0.4, 0.5) is 5.69 Å². The molecule has 0 aliphatic carbocycles. The molecule has 2 aromatic carbocycles. The fourth-order valence-electron chi connectivity index (χ4n) is 2.45. The third-order valence-corrected chi connectivity index (χ3v) is 4.09. The van der Waals surface area contributed by atoms with Gasteiger partial charge in [-0.15, -0.1) is 0 Å². The third-order valence-electron chi connectivity index (χ3n) is 3.79. The molecule has 0 unspecified atom stereocenters. The summed E-state index contributed by atoms with van der Waals surface area (Å²) in [5.74, 6) is 1.55. The lowest BCUT2D eigenvalue weighted by Crippen LogP contribution is -2.17. The maximum absolute atomic E-state index is 12.0. The quantitative estimate of drug-likeness (QED) is 0.603. The molecule has 1 aliphatic heterocycles. The van der Waals surface area contributed by atoms with Crippen molar-refractivity contribution in [3.05, 3.63) is 47.0 Å². The summed E-state index contributed by atoms with van der Waals surface area (Å²) < 4.78 is 16.1. The Morgan fingerprint density at radius 2 is 1.96 bits per heavy atom. The molecule has 0 atom stereocenters. The van der Waals surface area contributed by atoms with Crippen molar-refractivity contribution in [3.8, 4) is 17.2 Å². The molecule has 1 aliphatic rings. The number of ether oxygens (including phenoxy) is 3. The summed E-state index contributed by atoms with van der Waals surface area (Å²) >= 11 is 6.03. The predicted molar refractivity (Wildman–Crippen MR) is 102 cm³/mol. The molecular formula is C19H19ClN2O5. The molecule has 3 rings (SSSR count). The minimum Gasteiger partial charge on any atom is -0.495 e. The predicted octanol–water partition coefficient (Wildman–Crippen LogP) is 3.50. The lowest BCUT2D eigenvalue weighted by atomic mass is 10.1. The van der Waals surface area contributed by atoms with E-state index in [9.17, 15) is 4.79 Å². The van der Waals surface area contributed by atoms with Crippen LogP contribution < -0.4 is 19.5 Å². The molecule has 0 fully saturated rings. The Balaban J connectivity index is 1.55. The number of hydrogen-bond donors (Lipinski definition) is 1. The molecule has 1 N–H and O–H groups in total. The first-order chi connectivity index (χ1) is 13.1. The van der Waals surface area contributed by atoms with E-state index in [-0.39, 0.29) is 12.5 Å². The van der Waals surface area contributed by atoms with Crippen LogP contribution in [0, 0.1) is 0 Å². The molecule has 7 nitrogen and oxygen atoms in total. The van der Waals surface area contributed by atoms with Crippen molar-refractivity contribution in [3.63, 3.8) is 0 Å². The summed E-state index contributed by atoms with van der Waals surface area (Å²) in [4.78, 5) is 17.1. The minimum atomic E-state index is -0.352. The van der Waals surface area contributed by atoms with E-state index in [2.05, 4.69) is 10.5 Å². The van der Waals surface area contributed by atoms with Gasteiger partial charge in [0.2, 0.25) is 0 Å². The summed E-state index contributed by atoms with van der Waals surface area (Å²) in [6.45, 7) is 2.61. The third kappa shape index (κ3) is 4.83. The second-order valence-electron chi connectivity index (χ2n) is 5.71. The van der Waals surface area contributed by atoms with Crippen LogP contribution in [0.15, 0.2) is 41.6 Å². The highest BCUT2D eigenvalue weighted by atomic mass is 35.5. The second-order valence-corrected chi connectivity index (χ2v) is 6.11. The number of amides is 1. The molecule has 27 heavy (non-hydrogen) atoms. The average molecular weight is 391 g/mol. The Labute approximate surface area is 161 Å². The van der Waals surface area contributed by atoms with Gasteiger partial charge in [-0.05, 0) is 43.3 Å². The molecule has 8 heteroatoms. The van der Waals surface area contributed by atoms with Crippen LogP contribution in [0.25, 0.3) is 0 Å². The topological polar surface area (TPSA) is 78.4 Å². The monoisotopic (exact) mass is 390 g/mol. The summed E-state index contributed by atoms with van der Waals surface area (Å²) in [6, 6.07) is 10.5. The van der Waals surface area contributed by atoms with Gasteiger partial charge in [-0.3, -0.25) is 4.79 Å². The van der Waals surface area contributed by atoms with Crippen LogP contribution >= 0.6 is 11.6 Å². The zero-order chi connectivity index (χ0) is 19.2. The van der Waals surface area contributed by atoms with Gasteiger partial charge in [0, 0.05) is 11.3 Å².